The molecule has 0 aliphatic carbocycles. The van der Waals surface area contributed by atoms with Crippen molar-refractivity contribution in [3.8, 4) is 11.1 Å². The van der Waals surface area contributed by atoms with Gasteiger partial charge < -0.3 is 15.6 Å². The molecule has 0 aliphatic rings. The normalized spacial score (nSPS) is 12.5. The Morgan fingerprint density at radius 1 is 1.28 bits per heavy atom. The molecular weight excluding hydrogens is 433 g/mol. The fourth-order valence-corrected chi connectivity index (χ4v) is 4.49. The minimum Gasteiger partial charge on any atom is -0.354 e. The fraction of sp³-hybridized carbons (Fsp3) is 0.273. The quantitative estimate of drug-likeness (QED) is 0.559. The van der Waals surface area contributed by atoms with E-state index in [-0.39, 0.29) is 28.9 Å². The molecule has 0 fully saturated rings. The van der Waals surface area contributed by atoms with Crippen molar-refractivity contribution in [1.29, 1.82) is 0 Å². The van der Waals surface area contributed by atoms with Crippen LogP contribution < -0.4 is 11.1 Å². The van der Waals surface area contributed by atoms with Crippen LogP contribution in [0.4, 0.5) is 4.39 Å². The largest absolute Gasteiger partial charge is 0.354 e. The minimum atomic E-state index is -3.65. The number of hydrogen-bond acceptors (Lipinski definition) is 4. The van der Waals surface area contributed by atoms with Crippen molar-refractivity contribution in [3.05, 3.63) is 59.7 Å². The zero-order valence-electron chi connectivity index (χ0n) is 18.5. The second kappa shape index (κ2) is 9.19. The first-order valence-corrected chi connectivity index (χ1v) is 11.4. The molecule has 0 spiro atoms. The summed E-state index contributed by atoms with van der Waals surface area (Å²) < 4.78 is 42.6. The van der Waals surface area contributed by atoms with Gasteiger partial charge in [0.05, 0.1) is 29.0 Å². The van der Waals surface area contributed by atoms with E-state index in [0.29, 0.717) is 34.4 Å². The summed E-state index contributed by atoms with van der Waals surface area (Å²) in [5.41, 5.74) is 6.94. The smallest absolute Gasteiger partial charge is 0.269 e. The summed E-state index contributed by atoms with van der Waals surface area (Å²) in [6.45, 7) is 2.12. The number of hydrogen-bond donors (Lipinski definition) is 2. The third-order valence-electron chi connectivity index (χ3n) is 5.20. The van der Waals surface area contributed by atoms with Gasteiger partial charge in [0.15, 0.2) is 0 Å². The highest BCUT2D eigenvalue weighted by Crippen LogP contribution is 2.35. The molecule has 3 aromatic rings. The third kappa shape index (κ3) is 4.29. The van der Waals surface area contributed by atoms with Gasteiger partial charge in [0.2, 0.25) is 10.0 Å². The van der Waals surface area contributed by atoms with Gasteiger partial charge in [-0.25, -0.2) is 22.1 Å². The maximum Gasteiger partial charge on any atom is 0.269 e. The molecule has 1 aromatic carbocycles. The van der Waals surface area contributed by atoms with Crippen LogP contribution >= 0.6 is 0 Å². The Morgan fingerprint density at radius 2 is 2.00 bits per heavy atom. The van der Waals surface area contributed by atoms with E-state index in [2.05, 4.69) is 16.0 Å². The average molecular weight is 461 g/mol. The highest BCUT2D eigenvalue weighted by molar-refractivity contribution is 7.89. The lowest BCUT2D eigenvalue weighted by molar-refractivity contribution is -0.353. The Bertz CT molecular complexity index is 1310. The summed E-state index contributed by atoms with van der Waals surface area (Å²) in [7, 11) is 0.794. The molecule has 3 rings (SSSR count). The molecule has 0 unspecified atom stereocenters. The Hall–Kier alpha value is -3.08. The number of sulfonamides is 1. The standard InChI is InChI=1S/C22H26FN5O3S/c1-14-20(15-6-5-7-17(12-15)32(30,31)27(3)4)21-19(28(14)13-16(23)10-11-24)9-8-18(26-21)22(29)25-2/h5-10,12H,11,13,24H2,1-4H3,(H,25,29)/p+1/b16-10-. The second-order valence-corrected chi connectivity index (χ2v) is 9.60. The number of carbonyl (C=O) groups excluding carboxylic acids is 1. The number of carbonyl (C=O) groups is 1. The van der Waals surface area contributed by atoms with Gasteiger partial charge in [0, 0.05) is 38.5 Å². The lowest BCUT2D eigenvalue weighted by Gasteiger charge is -2.12. The van der Waals surface area contributed by atoms with Gasteiger partial charge in [0.25, 0.3) is 5.91 Å². The van der Waals surface area contributed by atoms with E-state index in [0.717, 1.165) is 4.31 Å². The maximum absolute atomic E-state index is 14.4. The number of fused-ring (bicyclic) bond motifs is 1. The highest BCUT2D eigenvalue weighted by atomic mass is 32.2. The van der Waals surface area contributed by atoms with Crippen LogP contribution in [0.5, 0.6) is 0 Å². The number of quaternary nitrogens is 1. The molecule has 0 saturated heterocycles. The summed E-state index contributed by atoms with van der Waals surface area (Å²) in [4.78, 5) is 16.8. The number of halogens is 1. The summed E-state index contributed by atoms with van der Waals surface area (Å²) >= 11 is 0. The summed E-state index contributed by atoms with van der Waals surface area (Å²) in [5.74, 6) is -0.693. The number of nitrogens with zero attached hydrogens (tertiary/aromatic N) is 3. The van der Waals surface area contributed by atoms with Crippen LogP contribution in [-0.2, 0) is 16.6 Å². The minimum absolute atomic E-state index is 0.0193. The van der Waals surface area contributed by atoms with Crippen molar-refractivity contribution in [1.82, 2.24) is 19.2 Å². The Kier molecular flexibility index (Phi) is 6.77. The number of rotatable bonds is 7. The number of allylic oxidation sites excluding steroid dienone is 1. The van der Waals surface area contributed by atoms with E-state index < -0.39 is 10.0 Å². The van der Waals surface area contributed by atoms with E-state index in [9.17, 15) is 17.6 Å². The number of pyridine rings is 1. The molecule has 10 heteroatoms. The predicted octanol–water partition coefficient (Wildman–Crippen LogP) is 1.72. The molecule has 4 N–H and O–H groups in total. The van der Waals surface area contributed by atoms with Crippen molar-refractivity contribution in [3.63, 3.8) is 0 Å². The van der Waals surface area contributed by atoms with Crippen LogP contribution in [0.1, 0.15) is 16.2 Å². The highest BCUT2D eigenvalue weighted by Gasteiger charge is 2.22. The summed E-state index contributed by atoms with van der Waals surface area (Å²) in [6.07, 6.45) is 1.40. The first kappa shape index (κ1) is 23.6. The van der Waals surface area contributed by atoms with Crippen molar-refractivity contribution < 1.29 is 23.3 Å². The lowest BCUT2D eigenvalue weighted by Crippen LogP contribution is -2.49. The number of benzene rings is 1. The van der Waals surface area contributed by atoms with E-state index in [4.69, 9.17) is 0 Å². The van der Waals surface area contributed by atoms with Crippen LogP contribution in [0, 0.1) is 6.92 Å². The van der Waals surface area contributed by atoms with Gasteiger partial charge in [-0.2, -0.15) is 0 Å². The van der Waals surface area contributed by atoms with Gasteiger partial charge >= 0.3 is 0 Å². The molecule has 0 atom stereocenters. The number of nitrogens with one attached hydrogen (secondary N) is 1. The Labute approximate surface area is 186 Å². The molecule has 0 bridgehead atoms. The molecule has 2 heterocycles. The third-order valence-corrected chi connectivity index (χ3v) is 7.02. The van der Waals surface area contributed by atoms with Crippen LogP contribution in [0.25, 0.3) is 22.2 Å². The van der Waals surface area contributed by atoms with E-state index in [1.807, 2.05) is 6.92 Å². The predicted molar refractivity (Wildman–Crippen MR) is 121 cm³/mol. The molecule has 170 valence electrons. The van der Waals surface area contributed by atoms with Crippen LogP contribution in [0.3, 0.4) is 0 Å². The fourth-order valence-electron chi connectivity index (χ4n) is 3.54. The van der Waals surface area contributed by atoms with Crippen molar-refractivity contribution in [2.24, 2.45) is 0 Å². The molecule has 0 saturated carbocycles. The SMILES string of the molecule is CNC(=O)c1ccc2c(n1)c(-c1cccc(S(=O)(=O)N(C)C)c1)c(C)n2C/C(F)=C/C[NH3+]. The van der Waals surface area contributed by atoms with E-state index in [1.54, 1.807) is 34.9 Å². The molecular formula is C22H27FN5O3S+. The molecule has 0 radical (unpaired) electrons. The first-order valence-electron chi connectivity index (χ1n) is 10.0. The van der Waals surface area contributed by atoms with Gasteiger partial charge in [0.1, 0.15) is 11.5 Å². The number of amides is 1. The number of aromatic nitrogens is 2. The molecule has 8 nitrogen and oxygen atoms in total. The zero-order valence-corrected chi connectivity index (χ0v) is 19.3. The Morgan fingerprint density at radius 3 is 2.62 bits per heavy atom. The van der Waals surface area contributed by atoms with Gasteiger partial charge in [-0.1, -0.05) is 12.1 Å². The van der Waals surface area contributed by atoms with Crippen LogP contribution in [0.15, 0.2) is 53.2 Å². The van der Waals surface area contributed by atoms with Gasteiger partial charge in [-0.3, -0.25) is 4.79 Å². The second-order valence-electron chi connectivity index (χ2n) is 7.44. The van der Waals surface area contributed by atoms with E-state index >= 15 is 0 Å². The van der Waals surface area contributed by atoms with Crippen LogP contribution in [-0.4, -0.2) is 55.9 Å². The molecule has 0 aliphatic heterocycles. The molecule has 2 aromatic heterocycles. The van der Waals surface area contributed by atoms with Crippen molar-refractivity contribution in [2.45, 2.75) is 18.4 Å². The molecule has 1 amide bonds. The van der Waals surface area contributed by atoms with Gasteiger partial charge in [-0.05, 0) is 36.8 Å². The summed E-state index contributed by atoms with van der Waals surface area (Å²) in [5, 5.41) is 2.55. The summed E-state index contributed by atoms with van der Waals surface area (Å²) in [6, 6.07) is 9.82. The van der Waals surface area contributed by atoms with E-state index in [1.165, 1.54) is 33.3 Å². The first-order chi connectivity index (χ1) is 15.1. The Balaban J connectivity index is 2.31. The zero-order chi connectivity index (χ0) is 23.6. The monoisotopic (exact) mass is 460 g/mol. The topological polar surface area (TPSA) is 112 Å². The lowest BCUT2D eigenvalue weighted by atomic mass is 10.0. The van der Waals surface area contributed by atoms with Gasteiger partial charge in [-0.15, -0.1) is 0 Å². The van der Waals surface area contributed by atoms with Crippen LogP contribution in [0.2, 0.25) is 0 Å². The molecule has 32 heavy (non-hydrogen) atoms. The maximum atomic E-state index is 14.4. The average Bonchev–Trinajstić information content (AvgIpc) is 3.03. The van der Waals surface area contributed by atoms with Crippen molar-refractivity contribution >= 4 is 27.0 Å². The van der Waals surface area contributed by atoms with Crippen molar-refractivity contribution in [2.75, 3.05) is 27.7 Å².